The molecule has 0 saturated heterocycles. The molecule has 2 atom stereocenters. The predicted octanol–water partition coefficient (Wildman–Crippen LogP) is 4.16. The number of halogens is 5. The lowest BCUT2D eigenvalue weighted by Crippen LogP contribution is -2.30. The van der Waals surface area contributed by atoms with Crippen molar-refractivity contribution in [3.05, 3.63) is 80.6 Å². The van der Waals surface area contributed by atoms with Crippen LogP contribution in [0.4, 0.5) is 27.6 Å². The Labute approximate surface area is 223 Å². The van der Waals surface area contributed by atoms with Crippen molar-refractivity contribution in [1.29, 1.82) is 0 Å². The topological polar surface area (TPSA) is 126 Å². The average Bonchev–Trinajstić information content (AvgIpc) is 2.84. The first-order chi connectivity index (χ1) is 18.6. The van der Waals surface area contributed by atoms with E-state index in [0.29, 0.717) is 10.9 Å². The van der Waals surface area contributed by atoms with Gasteiger partial charge in [-0.15, -0.1) is 0 Å². The maximum absolute atomic E-state index is 15.0. The summed E-state index contributed by atoms with van der Waals surface area (Å²) in [5, 5.41) is 17.9. The van der Waals surface area contributed by atoms with E-state index in [1.54, 1.807) is 18.9 Å². The largest absolute Gasteiger partial charge is 0.423 e. The van der Waals surface area contributed by atoms with Gasteiger partial charge < -0.3 is 15.0 Å². The number of rotatable bonds is 8. The third-order valence-corrected chi connectivity index (χ3v) is 6.21. The molecule has 0 unspecified atom stereocenters. The second-order valence-corrected chi connectivity index (χ2v) is 9.91. The second kappa shape index (κ2) is 10.8. The van der Waals surface area contributed by atoms with Gasteiger partial charge in [0, 0.05) is 36.6 Å². The highest BCUT2D eigenvalue weighted by atomic mass is 19.4. The molecule has 3 aromatic heterocycles. The summed E-state index contributed by atoms with van der Waals surface area (Å²) in [7, 11) is 0. The number of nitrogens with zero attached hydrogens (tertiary/aromatic N) is 4. The minimum atomic E-state index is -4.95. The quantitative estimate of drug-likeness (QED) is 0.275. The van der Waals surface area contributed by atoms with Crippen molar-refractivity contribution in [2.75, 3.05) is 5.32 Å². The third kappa shape index (κ3) is 6.17. The summed E-state index contributed by atoms with van der Waals surface area (Å²) >= 11 is 0. The molecular formula is C26H25F5N6O3. The molecule has 0 fully saturated rings. The Balaban J connectivity index is 1.51. The summed E-state index contributed by atoms with van der Waals surface area (Å²) in [4.78, 5) is 32.8. The van der Waals surface area contributed by atoms with Crippen molar-refractivity contribution in [2.24, 2.45) is 0 Å². The van der Waals surface area contributed by atoms with Gasteiger partial charge in [0.1, 0.15) is 17.6 Å². The molecule has 4 aromatic rings. The number of hydrogen-bond donors (Lipinski definition) is 3. The Morgan fingerprint density at radius 3 is 2.42 bits per heavy atom. The lowest BCUT2D eigenvalue weighted by atomic mass is 10.0. The van der Waals surface area contributed by atoms with E-state index in [9.17, 15) is 36.6 Å². The van der Waals surface area contributed by atoms with E-state index >= 15 is 0 Å². The number of alkyl halides is 4. The van der Waals surface area contributed by atoms with E-state index in [4.69, 9.17) is 0 Å². The molecular weight excluding hydrogens is 539 g/mol. The second-order valence-electron chi connectivity index (χ2n) is 9.91. The Kier molecular flexibility index (Phi) is 7.74. The van der Waals surface area contributed by atoms with Gasteiger partial charge in [0.15, 0.2) is 5.82 Å². The number of anilines is 1. The predicted molar refractivity (Wildman–Crippen MR) is 137 cm³/mol. The number of pyridine rings is 1. The minimum absolute atomic E-state index is 0.0142. The highest BCUT2D eigenvalue weighted by Gasteiger charge is 2.37. The van der Waals surface area contributed by atoms with Gasteiger partial charge in [-0.3, -0.25) is 9.59 Å². The van der Waals surface area contributed by atoms with Crippen molar-refractivity contribution in [1.82, 2.24) is 24.7 Å². The van der Waals surface area contributed by atoms with Crippen LogP contribution in [-0.2, 0) is 18.3 Å². The van der Waals surface area contributed by atoms with Crippen LogP contribution in [0.15, 0.2) is 52.6 Å². The van der Waals surface area contributed by atoms with Crippen LogP contribution in [0.3, 0.4) is 0 Å². The molecule has 4 rings (SSSR count). The van der Waals surface area contributed by atoms with Crippen LogP contribution in [0.5, 0.6) is 0 Å². The van der Waals surface area contributed by atoms with Gasteiger partial charge in [0.25, 0.3) is 11.1 Å². The zero-order valence-electron chi connectivity index (χ0n) is 21.6. The monoisotopic (exact) mass is 564 g/mol. The van der Waals surface area contributed by atoms with Crippen molar-refractivity contribution in [2.45, 2.75) is 57.7 Å². The maximum Gasteiger partial charge on any atom is 0.423 e. The molecule has 0 aliphatic carbocycles. The molecule has 212 valence electrons. The summed E-state index contributed by atoms with van der Waals surface area (Å²) in [5.74, 6) is -0.730. The fraction of sp³-hybridized carbons (Fsp3) is 0.346. The van der Waals surface area contributed by atoms with E-state index in [1.165, 1.54) is 37.6 Å². The maximum atomic E-state index is 15.0. The highest BCUT2D eigenvalue weighted by Crippen LogP contribution is 2.32. The zero-order chi connectivity index (χ0) is 29.4. The fourth-order valence-electron chi connectivity index (χ4n) is 4.19. The van der Waals surface area contributed by atoms with Gasteiger partial charge in [-0.05, 0) is 44.4 Å². The Hall–Kier alpha value is -4.20. The van der Waals surface area contributed by atoms with Gasteiger partial charge in [-0.1, -0.05) is 0 Å². The SMILES string of the molecule is C[C@@H](C[C@@H](F)Cn1ccc2cc(-c3ncc(C(C)(C)O)cn3)c(F)cc2c1=O)Nc1cn[nH]c(=O)c1C(F)(F)F. The van der Waals surface area contributed by atoms with Gasteiger partial charge >= 0.3 is 6.18 Å². The molecule has 0 amide bonds. The van der Waals surface area contributed by atoms with Crippen molar-refractivity contribution >= 4 is 16.5 Å². The lowest BCUT2D eigenvalue weighted by molar-refractivity contribution is -0.138. The van der Waals surface area contributed by atoms with Crippen LogP contribution in [0.2, 0.25) is 0 Å². The summed E-state index contributed by atoms with van der Waals surface area (Å²) < 4.78 is 70.7. The van der Waals surface area contributed by atoms with Crippen LogP contribution in [0.1, 0.15) is 38.3 Å². The molecule has 9 nitrogen and oxygen atoms in total. The first-order valence-corrected chi connectivity index (χ1v) is 12.1. The van der Waals surface area contributed by atoms with Crippen LogP contribution >= 0.6 is 0 Å². The number of aliphatic hydroxyl groups is 1. The first-order valence-electron chi connectivity index (χ1n) is 12.1. The van der Waals surface area contributed by atoms with E-state index in [0.717, 1.165) is 16.8 Å². The van der Waals surface area contributed by atoms with Crippen LogP contribution in [-0.4, -0.2) is 42.1 Å². The average molecular weight is 565 g/mol. The van der Waals surface area contributed by atoms with Crippen LogP contribution in [0.25, 0.3) is 22.2 Å². The smallest absolute Gasteiger partial charge is 0.386 e. The molecule has 0 radical (unpaired) electrons. The van der Waals surface area contributed by atoms with Crippen LogP contribution in [0, 0.1) is 5.82 Å². The molecule has 40 heavy (non-hydrogen) atoms. The van der Waals surface area contributed by atoms with Gasteiger partial charge in [0.2, 0.25) is 0 Å². The standard InChI is InChI=1S/C26H25F5N6O3/c1-13(35-20-11-34-36-23(38)21(20)26(29,30)31)6-16(27)12-37-5-4-14-7-18(19(28)8-17(14)24(37)39)22-32-9-15(10-33-22)25(2,3)40/h4-5,7-11,13,16,40H,6,12H2,1-3H3,(H2,35,36,38)/t13-,16+/m0/s1. The van der Waals surface area contributed by atoms with Crippen molar-refractivity contribution in [3.8, 4) is 11.4 Å². The van der Waals surface area contributed by atoms with Gasteiger partial charge in [0.05, 0.1) is 35.0 Å². The molecule has 0 spiro atoms. The van der Waals surface area contributed by atoms with Crippen molar-refractivity contribution in [3.63, 3.8) is 0 Å². The molecule has 3 heterocycles. The van der Waals surface area contributed by atoms with Gasteiger partial charge in [-0.2, -0.15) is 18.3 Å². The zero-order valence-corrected chi connectivity index (χ0v) is 21.6. The molecule has 0 aliphatic heterocycles. The van der Waals surface area contributed by atoms with E-state index < -0.39 is 58.7 Å². The summed E-state index contributed by atoms with van der Waals surface area (Å²) in [6, 6.07) is 3.03. The molecule has 14 heteroatoms. The van der Waals surface area contributed by atoms with E-state index in [2.05, 4.69) is 20.4 Å². The normalized spacial score (nSPS) is 13.8. The van der Waals surface area contributed by atoms with Crippen molar-refractivity contribution < 1.29 is 27.1 Å². The first kappa shape index (κ1) is 28.8. The number of H-pyrrole nitrogens is 1. The fourth-order valence-corrected chi connectivity index (χ4v) is 4.19. The number of aromatic nitrogens is 5. The minimum Gasteiger partial charge on any atom is -0.386 e. The van der Waals surface area contributed by atoms with E-state index in [1.807, 2.05) is 0 Å². The molecule has 0 aliphatic rings. The molecule has 0 saturated carbocycles. The summed E-state index contributed by atoms with van der Waals surface area (Å²) in [6.07, 6.45) is -2.06. The molecule has 0 bridgehead atoms. The number of benzene rings is 1. The number of fused-ring (bicyclic) bond motifs is 1. The number of aromatic amines is 1. The van der Waals surface area contributed by atoms with Gasteiger partial charge in [-0.25, -0.2) is 23.8 Å². The number of hydrogen-bond acceptors (Lipinski definition) is 7. The molecule has 1 aromatic carbocycles. The number of nitrogens with one attached hydrogen (secondary N) is 2. The Morgan fingerprint density at radius 1 is 1.12 bits per heavy atom. The highest BCUT2D eigenvalue weighted by molar-refractivity contribution is 5.86. The Morgan fingerprint density at radius 2 is 1.80 bits per heavy atom. The summed E-state index contributed by atoms with van der Waals surface area (Å²) in [6.45, 7) is 4.09. The Bertz CT molecular complexity index is 1640. The molecule has 3 N–H and O–H groups in total. The lowest BCUT2D eigenvalue weighted by Gasteiger charge is -2.20. The third-order valence-electron chi connectivity index (χ3n) is 6.21. The summed E-state index contributed by atoms with van der Waals surface area (Å²) in [5.41, 5.74) is -4.89. The van der Waals surface area contributed by atoms with Crippen LogP contribution < -0.4 is 16.4 Å². The van der Waals surface area contributed by atoms with E-state index in [-0.39, 0.29) is 23.2 Å².